The van der Waals surface area contributed by atoms with Crippen LogP contribution in [-0.2, 0) is 9.53 Å². The molecular formula is C10H18N2O2. The number of hydrogen-bond donors (Lipinski definition) is 2. The topological polar surface area (TPSA) is 64.4 Å². The van der Waals surface area contributed by atoms with E-state index in [9.17, 15) is 4.79 Å². The number of nitrogens with one attached hydrogen (secondary N) is 1. The second-order valence-electron chi connectivity index (χ2n) is 4.17. The molecule has 1 aliphatic heterocycles. The van der Waals surface area contributed by atoms with Crippen LogP contribution in [0.15, 0.2) is 0 Å². The minimum absolute atomic E-state index is 0.0636. The molecule has 2 unspecified atom stereocenters. The van der Waals surface area contributed by atoms with E-state index in [0.29, 0.717) is 18.9 Å². The molecule has 4 nitrogen and oxygen atoms in total. The lowest BCUT2D eigenvalue weighted by Crippen LogP contribution is -2.41. The average molecular weight is 198 g/mol. The van der Waals surface area contributed by atoms with E-state index in [-0.39, 0.29) is 18.1 Å². The largest absolute Gasteiger partial charge is 0.376 e. The molecule has 1 heterocycles. The average Bonchev–Trinajstić information content (AvgIpc) is 2.89. The fourth-order valence-corrected chi connectivity index (χ4v) is 2.07. The number of nitrogens with two attached hydrogens (primary N) is 1. The lowest BCUT2D eigenvalue weighted by atomic mass is 10.1. The number of ether oxygens (including phenoxy) is 1. The monoisotopic (exact) mass is 198 g/mol. The Kier molecular flexibility index (Phi) is 3.03. The fourth-order valence-electron chi connectivity index (χ4n) is 2.07. The van der Waals surface area contributed by atoms with Gasteiger partial charge in [0.25, 0.3) is 0 Å². The van der Waals surface area contributed by atoms with Crippen LogP contribution in [0.1, 0.15) is 25.7 Å². The van der Waals surface area contributed by atoms with Crippen LogP contribution in [0.4, 0.5) is 0 Å². The van der Waals surface area contributed by atoms with Crippen LogP contribution in [-0.4, -0.2) is 31.2 Å². The van der Waals surface area contributed by atoms with E-state index in [1.54, 1.807) is 0 Å². The molecule has 1 saturated heterocycles. The molecule has 0 aromatic heterocycles. The Labute approximate surface area is 84.2 Å². The summed E-state index contributed by atoms with van der Waals surface area (Å²) in [4.78, 5) is 11.3. The van der Waals surface area contributed by atoms with Crippen molar-refractivity contribution in [2.75, 3.05) is 13.2 Å². The predicted octanol–water partition coefficient (Wildman–Crippen LogP) is 0.0189. The summed E-state index contributed by atoms with van der Waals surface area (Å²) in [5.41, 5.74) is 5.32. The number of carbonyl (C=O) groups excluding carboxylic acids is 1. The molecule has 0 aromatic carbocycles. The Balaban J connectivity index is 1.80. The summed E-state index contributed by atoms with van der Waals surface area (Å²) in [6.07, 6.45) is 4.17. The van der Waals surface area contributed by atoms with E-state index in [1.807, 2.05) is 0 Å². The molecule has 1 aliphatic carbocycles. The van der Waals surface area contributed by atoms with Crippen LogP contribution < -0.4 is 11.1 Å². The highest BCUT2D eigenvalue weighted by Gasteiger charge is 2.40. The molecule has 1 amide bonds. The van der Waals surface area contributed by atoms with Crippen molar-refractivity contribution in [1.29, 1.82) is 0 Å². The van der Waals surface area contributed by atoms with E-state index in [0.717, 1.165) is 13.0 Å². The summed E-state index contributed by atoms with van der Waals surface area (Å²) in [5.74, 6) is 0.759. The predicted molar refractivity (Wildman–Crippen MR) is 52.7 cm³/mol. The van der Waals surface area contributed by atoms with Gasteiger partial charge in [0.1, 0.15) is 0 Å². The first-order chi connectivity index (χ1) is 6.81. The van der Waals surface area contributed by atoms with Gasteiger partial charge in [0.15, 0.2) is 0 Å². The van der Waals surface area contributed by atoms with Crippen molar-refractivity contribution >= 4 is 5.91 Å². The first-order valence-corrected chi connectivity index (χ1v) is 5.42. The number of carbonyl (C=O) groups is 1. The Morgan fingerprint density at radius 3 is 2.86 bits per heavy atom. The molecule has 0 radical (unpaired) electrons. The maximum atomic E-state index is 11.3. The highest BCUT2D eigenvalue weighted by atomic mass is 16.5. The Morgan fingerprint density at radius 2 is 2.21 bits per heavy atom. The molecule has 0 aromatic rings. The van der Waals surface area contributed by atoms with Gasteiger partial charge in [-0.1, -0.05) is 0 Å². The molecule has 4 heteroatoms. The van der Waals surface area contributed by atoms with Crippen LogP contribution in [0.25, 0.3) is 0 Å². The van der Waals surface area contributed by atoms with Crippen LogP contribution >= 0.6 is 0 Å². The van der Waals surface area contributed by atoms with Crippen molar-refractivity contribution in [1.82, 2.24) is 5.32 Å². The van der Waals surface area contributed by atoms with Crippen molar-refractivity contribution in [3.8, 4) is 0 Å². The second-order valence-corrected chi connectivity index (χ2v) is 4.17. The Bertz CT molecular complexity index is 216. The van der Waals surface area contributed by atoms with Gasteiger partial charge in [-0.25, -0.2) is 0 Å². The van der Waals surface area contributed by atoms with Gasteiger partial charge in [0.05, 0.1) is 12.1 Å². The Morgan fingerprint density at radius 1 is 1.43 bits per heavy atom. The van der Waals surface area contributed by atoms with Gasteiger partial charge in [-0.15, -0.1) is 0 Å². The molecule has 2 aliphatic rings. The molecule has 0 bridgehead atoms. The summed E-state index contributed by atoms with van der Waals surface area (Å²) in [5, 5.41) is 3.01. The van der Waals surface area contributed by atoms with Crippen molar-refractivity contribution in [2.45, 2.75) is 37.8 Å². The van der Waals surface area contributed by atoms with Gasteiger partial charge in [0.2, 0.25) is 5.91 Å². The van der Waals surface area contributed by atoms with Crippen LogP contribution in [0.2, 0.25) is 0 Å². The van der Waals surface area contributed by atoms with E-state index in [4.69, 9.17) is 10.5 Å². The number of hydrogen-bond acceptors (Lipinski definition) is 3. The zero-order valence-corrected chi connectivity index (χ0v) is 8.37. The minimum atomic E-state index is 0.0636. The molecule has 14 heavy (non-hydrogen) atoms. The van der Waals surface area contributed by atoms with Crippen LogP contribution in [0, 0.1) is 5.92 Å². The third-order valence-electron chi connectivity index (χ3n) is 2.94. The summed E-state index contributed by atoms with van der Waals surface area (Å²) >= 11 is 0. The van der Waals surface area contributed by atoms with Crippen LogP contribution in [0.3, 0.4) is 0 Å². The normalized spacial score (nSPS) is 31.8. The fraction of sp³-hybridized carbons (Fsp3) is 0.900. The molecule has 2 rings (SSSR count). The smallest absolute Gasteiger partial charge is 0.221 e. The molecule has 1 saturated carbocycles. The second kappa shape index (κ2) is 4.28. The maximum absolute atomic E-state index is 11.3. The summed E-state index contributed by atoms with van der Waals surface area (Å²) in [7, 11) is 0. The van der Waals surface area contributed by atoms with Gasteiger partial charge in [-0.05, 0) is 25.2 Å². The molecular weight excluding hydrogens is 180 g/mol. The zero-order chi connectivity index (χ0) is 9.97. The van der Waals surface area contributed by atoms with Crippen molar-refractivity contribution in [3.05, 3.63) is 0 Å². The standard InChI is InChI=1S/C10H18N2O2/c11-5-3-9(13)12-8-4-6-14-10(8)7-1-2-7/h7-8,10H,1-6,11H2,(H,12,13). The third-order valence-corrected chi connectivity index (χ3v) is 2.94. The maximum Gasteiger partial charge on any atom is 0.221 e. The zero-order valence-electron chi connectivity index (χ0n) is 8.37. The van der Waals surface area contributed by atoms with E-state index >= 15 is 0 Å². The van der Waals surface area contributed by atoms with Gasteiger partial charge in [0, 0.05) is 19.6 Å². The Hall–Kier alpha value is -0.610. The van der Waals surface area contributed by atoms with Gasteiger partial charge in [-0.2, -0.15) is 0 Å². The minimum Gasteiger partial charge on any atom is -0.376 e. The lowest BCUT2D eigenvalue weighted by Gasteiger charge is -2.19. The van der Waals surface area contributed by atoms with Crippen LogP contribution in [0.5, 0.6) is 0 Å². The van der Waals surface area contributed by atoms with E-state index in [2.05, 4.69) is 5.32 Å². The highest BCUT2D eigenvalue weighted by molar-refractivity contribution is 5.76. The van der Waals surface area contributed by atoms with E-state index in [1.165, 1.54) is 12.8 Å². The first kappa shape index (κ1) is 9.93. The van der Waals surface area contributed by atoms with Gasteiger partial charge in [-0.3, -0.25) is 4.79 Å². The van der Waals surface area contributed by atoms with Crippen molar-refractivity contribution in [3.63, 3.8) is 0 Å². The first-order valence-electron chi connectivity index (χ1n) is 5.42. The molecule has 80 valence electrons. The highest BCUT2D eigenvalue weighted by Crippen LogP contribution is 2.38. The van der Waals surface area contributed by atoms with Crippen molar-refractivity contribution < 1.29 is 9.53 Å². The summed E-state index contributed by atoms with van der Waals surface area (Å²) < 4.78 is 5.62. The van der Waals surface area contributed by atoms with E-state index < -0.39 is 0 Å². The van der Waals surface area contributed by atoms with Crippen molar-refractivity contribution in [2.24, 2.45) is 11.7 Å². The van der Waals surface area contributed by atoms with Gasteiger partial charge < -0.3 is 15.8 Å². The SMILES string of the molecule is NCCC(=O)NC1CCOC1C1CC1. The molecule has 3 N–H and O–H groups in total. The quantitative estimate of drug-likeness (QED) is 0.669. The third kappa shape index (κ3) is 2.25. The number of amides is 1. The summed E-state index contributed by atoms with van der Waals surface area (Å²) in [6.45, 7) is 1.21. The summed E-state index contributed by atoms with van der Waals surface area (Å²) in [6, 6.07) is 0.238. The van der Waals surface area contributed by atoms with Gasteiger partial charge >= 0.3 is 0 Å². The molecule has 0 spiro atoms. The lowest BCUT2D eigenvalue weighted by molar-refractivity contribution is -0.122. The number of rotatable bonds is 4. The molecule has 2 fully saturated rings. The molecule has 2 atom stereocenters.